The molecule has 0 saturated carbocycles. The Bertz CT molecular complexity index is 797. The van der Waals surface area contributed by atoms with Crippen molar-refractivity contribution in [1.29, 1.82) is 0 Å². The average Bonchev–Trinajstić information content (AvgIpc) is 3.22. The quantitative estimate of drug-likeness (QED) is 0.197. The van der Waals surface area contributed by atoms with Crippen molar-refractivity contribution in [2.45, 2.75) is 88.9 Å². The van der Waals surface area contributed by atoms with Crippen molar-refractivity contribution in [3.8, 4) is 0 Å². The molecule has 2 aliphatic rings. The highest BCUT2D eigenvalue weighted by atomic mass is 31.1. The minimum Gasteiger partial charge on any atom is -0.456 e. The summed E-state index contributed by atoms with van der Waals surface area (Å²) in [5.41, 5.74) is -1.62. The number of halogens is 5. The highest BCUT2D eigenvalue weighted by molar-refractivity contribution is 7.41. The molecule has 5 unspecified atom stereocenters. The Morgan fingerprint density at radius 2 is 1.76 bits per heavy atom. The molecular weight excluding hydrogens is 490 g/mol. The van der Waals surface area contributed by atoms with E-state index in [1.165, 1.54) is 0 Å². The van der Waals surface area contributed by atoms with Gasteiger partial charge in [0.2, 0.25) is 6.10 Å². The third-order valence-corrected chi connectivity index (χ3v) is 8.26. The van der Waals surface area contributed by atoms with Gasteiger partial charge in [0.15, 0.2) is 6.61 Å². The molecule has 5 atom stereocenters. The third-order valence-electron chi connectivity index (χ3n) is 6.17. The molecule has 0 aliphatic carbocycles. The maximum atomic E-state index is 14.6. The van der Waals surface area contributed by atoms with Crippen molar-refractivity contribution in [1.82, 2.24) is 0 Å². The summed E-state index contributed by atoms with van der Waals surface area (Å²) >= 11 is 0. The number of hydrogen-bond donors (Lipinski definition) is 0. The number of hydrogen-bond acceptors (Lipinski definition) is 7. The first-order valence-electron chi connectivity index (χ1n) is 10.8. The van der Waals surface area contributed by atoms with E-state index in [0.29, 0.717) is 6.42 Å². The van der Waals surface area contributed by atoms with E-state index in [1.807, 2.05) is 27.7 Å². The third kappa shape index (κ3) is 5.80. The van der Waals surface area contributed by atoms with Crippen molar-refractivity contribution in [2.24, 2.45) is 5.41 Å². The summed E-state index contributed by atoms with van der Waals surface area (Å²) < 4.78 is 85.4. The fraction of sp³-hybridized carbons (Fsp3) is 0.857. The predicted molar refractivity (Wildman–Crippen MR) is 111 cm³/mol. The Morgan fingerprint density at radius 3 is 2.26 bits per heavy atom. The summed E-state index contributed by atoms with van der Waals surface area (Å²) in [7, 11) is 0.244. The van der Waals surface area contributed by atoms with E-state index in [0.717, 1.165) is 6.16 Å². The van der Waals surface area contributed by atoms with Crippen molar-refractivity contribution in [2.75, 3.05) is 19.4 Å². The van der Waals surface area contributed by atoms with E-state index < -0.39 is 71.4 Å². The second-order valence-electron chi connectivity index (χ2n) is 9.57. The highest BCUT2D eigenvalue weighted by Gasteiger charge is 2.63. The molecule has 7 nitrogen and oxygen atoms in total. The van der Waals surface area contributed by atoms with Gasteiger partial charge in [-0.2, -0.15) is 22.0 Å². The SMILES string of the molecule is CCPC1(C(C)(C)C)CC(CC)(COC2CC(=O)OC2C(F)(F)C(=O)OCC(F)(F)F)OC1=O. The number of carbonyl (C=O) groups is 3. The Morgan fingerprint density at radius 1 is 1.15 bits per heavy atom. The van der Waals surface area contributed by atoms with Crippen LogP contribution in [-0.4, -0.2) is 72.3 Å². The number of cyclic esters (lactones) is 2. The molecular formula is C21H30F5O7P. The minimum absolute atomic E-state index is 0.244. The zero-order valence-corrected chi connectivity index (χ0v) is 20.6. The molecule has 0 amide bonds. The molecule has 2 aliphatic heterocycles. The van der Waals surface area contributed by atoms with Gasteiger partial charge in [-0.1, -0.05) is 34.6 Å². The van der Waals surface area contributed by atoms with Crippen LogP contribution in [0, 0.1) is 5.41 Å². The lowest BCUT2D eigenvalue weighted by Crippen LogP contribution is -2.50. The van der Waals surface area contributed by atoms with Crippen LogP contribution < -0.4 is 0 Å². The van der Waals surface area contributed by atoms with Gasteiger partial charge in [0.05, 0.1) is 18.2 Å². The Labute approximate surface area is 196 Å². The lowest BCUT2D eigenvalue weighted by Gasteiger charge is -2.39. The molecule has 13 heteroatoms. The molecule has 0 N–H and O–H groups in total. The summed E-state index contributed by atoms with van der Waals surface area (Å²) in [5, 5.41) is -0.812. The van der Waals surface area contributed by atoms with Gasteiger partial charge in [-0.3, -0.25) is 9.59 Å². The summed E-state index contributed by atoms with van der Waals surface area (Å²) in [6.07, 6.45) is -8.50. The van der Waals surface area contributed by atoms with E-state index in [4.69, 9.17) is 9.47 Å². The van der Waals surface area contributed by atoms with Crippen LogP contribution in [0.3, 0.4) is 0 Å². The molecule has 0 radical (unpaired) electrons. The first kappa shape index (κ1) is 28.7. The van der Waals surface area contributed by atoms with E-state index >= 15 is 0 Å². The maximum absolute atomic E-state index is 14.6. The van der Waals surface area contributed by atoms with Crippen molar-refractivity contribution in [3.05, 3.63) is 0 Å². The van der Waals surface area contributed by atoms with Gasteiger partial charge in [0.25, 0.3) is 0 Å². The summed E-state index contributed by atoms with van der Waals surface area (Å²) in [5.74, 6) is -8.58. The lowest BCUT2D eigenvalue weighted by atomic mass is 9.75. The van der Waals surface area contributed by atoms with Gasteiger partial charge in [-0.05, 0) is 18.0 Å². The molecule has 0 aromatic rings. The van der Waals surface area contributed by atoms with Gasteiger partial charge in [0.1, 0.15) is 11.7 Å². The molecule has 0 aromatic carbocycles. The molecule has 2 fully saturated rings. The number of carbonyl (C=O) groups excluding carboxylic acids is 3. The van der Waals surface area contributed by atoms with Gasteiger partial charge in [-0.15, -0.1) is 8.58 Å². The van der Waals surface area contributed by atoms with Crippen LogP contribution in [0.4, 0.5) is 22.0 Å². The lowest BCUT2D eigenvalue weighted by molar-refractivity contribution is -0.221. The molecule has 2 saturated heterocycles. The average molecular weight is 520 g/mol. The van der Waals surface area contributed by atoms with Crippen LogP contribution >= 0.6 is 8.58 Å². The first-order chi connectivity index (χ1) is 15.4. The number of esters is 3. The second kappa shape index (κ2) is 9.84. The van der Waals surface area contributed by atoms with Crippen molar-refractivity contribution < 1.29 is 55.3 Å². The van der Waals surface area contributed by atoms with Crippen LogP contribution in [-0.2, 0) is 33.3 Å². The van der Waals surface area contributed by atoms with Gasteiger partial charge >= 0.3 is 30.0 Å². The normalized spacial score (nSPS) is 30.6. The summed E-state index contributed by atoms with van der Waals surface area (Å²) in [4.78, 5) is 36.4. The van der Waals surface area contributed by atoms with Crippen LogP contribution in [0.1, 0.15) is 53.9 Å². The Kier molecular flexibility index (Phi) is 8.30. The zero-order valence-electron chi connectivity index (χ0n) is 19.6. The standard InChI is InChI=1S/C21H30F5O7P/c1-6-18(9-19(34-7-2,15(28)33-18)17(3,4)5)10-30-12-8-13(27)32-14(12)21(25,26)16(29)31-11-20(22,23)24/h12,14,34H,6-11H2,1-5H3. The smallest absolute Gasteiger partial charge is 0.422 e. The number of ether oxygens (including phenoxy) is 4. The molecule has 196 valence electrons. The zero-order chi connectivity index (χ0) is 26.2. The predicted octanol–water partition coefficient (Wildman–Crippen LogP) is 4.01. The fourth-order valence-corrected chi connectivity index (χ4v) is 5.91. The Balaban J connectivity index is 2.19. The molecule has 0 bridgehead atoms. The van der Waals surface area contributed by atoms with E-state index in [9.17, 15) is 36.3 Å². The van der Waals surface area contributed by atoms with E-state index in [1.54, 1.807) is 6.92 Å². The molecule has 2 rings (SSSR count). The van der Waals surface area contributed by atoms with Crippen molar-refractivity contribution >= 4 is 26.5 Å². The molecule has 2 heterocycles. The maximum Gasteiger partial charge on any atom is 0.422 e. The van der Waals surface area contributed by atoms with Gasteiger partial charge < -0.3 is 18.9 Å². The van der Waals surface area contributed by atoms with Crippen LogP contribution in [0.15, 0.2) is 0 Å². The second-order valence-corrected chi connectivity index (χ2v) is 11.5. The van der Waals surface area contributed by atoms with Crippen LogP contribution in [0.5, 0.6) is 0 Å². The molecule has 0 spiro atoms. The summed E-state index contributed by atoms with van der Waals surface area (Å²) in [6.45, 7) is 6.85. The topological polar surface area (TPSA) is 88.1 Å². The highest BCUT2D eigenvalue weighted by Crippen LogP contribution is 2.57. The Hall–Kier alpha value is -1.55. The van der Waals surface area contributed by atoms with Crippen LogP contribution in [0.25, 0.3) is 0 Å². The molecule has 34 heavy (non-hydrogen) atoms. The first-order valence-corrected chi connectivity index (χ1v) is 12.0. The van der Waals surface area contributed by atoms with Crippen LogP contribution in [0.2, 0.25) is 0 Å². The monoisotopic (exact) mass is 520 g/mol. The van der Waals surface area contributed by atoms with Gasteiger partial charge in [0, 0.05) is 6.42 Å². The van der Waals surface area contributed by atoms with Gasteiger partial charge in [-0.25, -0.2) is 4.79 Å². The summed E-state index contributed by atoms with van der Waals surface area (Å²) in [6, 6.07) is 0. The minimum atomic E-state index is -5.01. The fourth-order valence-electron chi connectivity index (χ4n) is 4.14. The van der Waals surface area contributed by atoms with Crippen molar-refractivity contribution in [3.63, 3.8) is 0 Å². The van der Waals surface area contributed by atoms with E-state index in [2.05, 4.69) is 9.47 Å². The number of alkyl halides is 5. The molecule has 0 aromatic heterocycles. The van der Waals surface area contributed by atoms with E-state index in [-0.39, 0.29) is 21.6 Å². The largest absolute Gasteiger partial charge is 0.456 e. The number of rotatable bonds is 9.